The van der Waals surface area contributed by atoms with E-state index in [-0.39, 0.29) is 6.79 Å². The van der Waals surface area contributed by atoms with Crippen LogP contribution >= 0.6 is 23.2 Å². The lowest BCUT2D eigenvalue weighted by molar-refractivity contribution is 0.174. The van der Waals surface area contributed by atoms with Crippen molar-refractivity contribution in [2.24, 2.45) is 0 Å². The molecule has 2 aliphatic rings. The molecule has 0 amide bonds. The number of oxazole rings is 1. The highest BCUT2D eigenvalue weighted by atomic mass is 35.5. The lowest BCUT2D eigenvalue weighted by atomic mass is 10.2. The molecule has 6 nitrogen and oxygen atoms in total. The van der Waals surface area contributed by atoms with Gasteiger partial charge in [-0.25, -0.2) is 4.98 Å². The van der Waals surface area contributed by atoms with Crippen molar-refractivity contribution in [3.63, 3.8) is 0 Å². The molecule has 3 aromatic rings. The van der Waals surface area contributed by atoms with E-state index in [2.05, 4.69) is 4.90 Å². The second-order valence-corrected chi connectivity index (χ2v) is 7.86. The van der Waals surface area contributed by atoms with Gasteiger partial charge in [0.2, 0.25) is 12.7 Å². The van der Waals surface area contributed by atoms with Crippen LogP contribution in [-0.2, 0) is 13.1 Å². The van der Waals surface area contributed by atoms with Crippen LogP contribution in [0.25, 0.3) is 11.5 Å². The minimum Gasteiger partial charge on any atom is -0.492 e. The lowest BCUT2D eigenvalue weighted by Crippen LogP contribution is -2.25. The van der Waals surface area contributed by atoms with E-state index in [1.54, 1.807) is 12.1 Å². The highest BCUT2D eigenvalue weighted by Crippen LogP contribution is 2.41. The molecule has 0 spiro atoms. The molecule has 3 heterocycles. The lowest BCUT2D eigenvalue weighted by Gasteiger charge is -2.18. The number of rotatable bonds is 3. The van der Waals surface area contributed by atoms with E-state index in [1.807, 2.05) is 25.1 Å². The van der Waals surface area contributed by atoms with Crippen LogP contribution < -0.4 is 14.2 Å². The van der Waals surface area contributed by atoms with Gasteiger partial charge in [-0.3, -0.25) is 4.90 Å². The molecule has 0 saturated heterocycles. The molecule has 2 aromatic carbocycles. The van der Waals surface area contributed by atoms with Crippen LogP contribution in [0.5, 0.6) is 17.2 Å². The van der Waals surface area contributed by atoms with Crippen molar-refractivity contribution in [3.8, 4) is 28.7 Å². The van der Waals surface area contributed by atoms with E-state index in [4.69, 9.17) is 46.8 Å². The number of aryl methyl sites for hydroxylation is 1. The van der Waals surface area contributed by atoms with Gasteiger partial charge in [-0.05, 0) is 31.2 Å². The Kier molecular flexibility index (Phi) is 4.78. The van der Waals surface area contributed by atoms with Crippen LogP contribution in [0.1, 0.15) is 17.0 Å². The van der Waals surface area contributed by atoms with Gasteiger partial charge in [0.15, 0.2) is 11.5 Å². The number of ether oxygens (including phenoxy) is 3. The monoisotopic (exact) mass is 432 g/mol. The minimum absolute atomic E-state index is 0.188. The Labute approximate surface area is 177 Å². The molecule has 0 atom stereocenters. The molecule has 29 heavy (non-hydrogen) atoms. The van der Waals surface area contributed by atoms with E-state index < -0.39 is 0 Å². The molecular formula is C21H18Cl2N2O4. The normalized spacial score (nSPS) is 15.7. The van der Waals surface area contributed by atoms with E-state index in [1.165, 1.54) is 0 Å². The Bertz CT molecular complexity index is 1080. The van der Waals surface area contributed by atoms with E-state index in [0.29, 0.717) is 46.2 Å². The molecule has 0 saturated carbocycles. The molecule has 0 aliphatic carbocycles. The number of hydrogen-bond acceptors (Lipinski definition) is 6. The summed E-state index contributed by atoms with van der Waals surface area (Å²) in [6, 6.07) is 9.24. The quantitative estimate of drug-likeness (QED) is 0.574. The van der Waals surface area contributed by atoms with E-state index in [9.17, 15) is 0 Å². The highest BCUT2D eigenvalue weighted by molar-refractivity contribution is 6.33. The van der Waals surface area contributed by atoms with E-state index >= 15 is 0 Å². The van der Waals surface area contributed by atoms with Crippen molar-refractivity contribution in [2.75, 3.05) is 19.9 Å². The maximum Gasteiger partial charge on any atom is 0.231 e. The van der Waals surface area contributed by atoms with Crippen molar-refractivity contribution in [1.29, 1.82) is 0 Å². The van der Waals surface area contributed by atoms with Crippen LogP contribution in [0.15, 0.2) is 34.7 Å². The first-order valence-corrected chi connectivity index (χ1v) is 10.0. The van der Waals surface area contributed by atoms with Crippen LogP contribution in [0.4, 0.5) is 0 Å². The number of hydrogen-bond donors (Lipinski definition) is 0. The van der Waals surface area contributed by atoms with Gasteiger partial charge in [-0.15, -0.1) is 0 Å². The molecule has 0 N–H and O–H groups in total. The Morgan fingerprint density at radius 2 is 1.86 bits per heavy atom. The topological polar surface area (TPSA) is 57.0 Å². The zero-order valence-electron chi connectivity index (χ0n) is 15.7. The molecule has 0 bridgehead atoms. The second kappa shape index (κ2) is 7.44. The fourth-order valence-corrected chi connectivity index (χ4v) is 3.96. The Hall–Kier alpha value is -2.41. The molecule has 1 aromatic heterocycles. The van der Waals surface area contributed by atoms with Crippen LogP contribution in [0, 0.1) is 6.92 Å². The standard InChI is InChI=1S/C21H18Cl2N2O4/c1-12-17(10-25-4-5-26-18-3-2-14(22)6-13(18)9-25)24-21(29-12)15-7-19-20(8-16(15)23)28-11-27-19/h2-3,6-8H,4-5,9-11H2,1H3. The molecule has 0 radical (unpaired) electrons. The minimum atomic E-state index is 0.188. The third-order valence-corrected chi connectivity index (χ3v) is 5.59. The summed E-state index contributed by atoms with van der Waals surface area (Å²) in [4.78, 5) is 6.97. The van der Waals surface area contributed by atoms with Crippen molar-refractivity contribution in [3.05, 3.63) is 57.4 Å². The summed E-state index contributed by atoms with van der Waals surface area (Å²) in [5.41, 5.74) is 2.61. The predicted octanol–water partition coefficient (Wildman–Crippen LogP) is 5.08. The zero-order chi connectivity index (χ0) is 20.0. The smallest absolute Gasteiger partial charge is 0.231 e. The number of fused-ring (bicyclic) bond motifs is 2. The van der Waals surface area contributed by atoms with Crippen molar-refractivity contribution in [1.82, 2.24) is 9.88 Å². The van der Waals surface area contributed by atoms with Gasteiger partial charge < -0.3 is 18.6 Å². The number of halogens is 2. The Morgan fingerprint density at radius 3 is 2.72 bits per heavy atom. The van der Waals surface area contributed by atoms with Gasteiger partial charge in [0, 0.05) is 36.3 Å². The van der Waals surface area contributed by atoms with Gasteiger partial charge in [0.05, 0.1) is 16.3 Å². The van der Waals surface area contributed by atoms with Crippen LogP contribution in [0.3, 0.4) is 0 Å². The predicted molar refractivity (Wildman–Crippen MR) is 109 cm³/mol. The zero-order valence-corrected chi connectivity index (χ0v) is 17.2. The second-order valence-electron chi connectivity index (χ2n) is 7.02. The van der Waals surface area contributed by atoms with Crippen molar-refractivity contribution >= 4 is 23.2 Å². The fourth-order valence-electron chi connectivity index (χ4n) is 3.53. The summed E-state index contributed by atoms with van der Waals surface area (Å²) in [5, 5.41) is 1.21. The molecule has 0 fully saturated rings. The highest BCUT2D eigenvalue weighted by Gasteiger charge is 2.23. The first kappa shape index (κ1) is 18.6. The summed E-state index contributed by atoms with van der Waals surface area (Å²) in [5.74, 6) is 3.37. The SMILES string of the molecule is Cc1oc(-c2cc3c(cc2Cl)OCO3)nc1CN1CCOc2ccc(Cl)cc2C1. The van der Waals surface area contributed by atoms with Gasteiger partial charge >= 0.3 is 0 Å². The van der Waals surface area contributed by atoms with Crippen LogP contribution in [0.2, 0.25) is 10.0 Å². The average molecular weight is 433 g/mol. The van der Waals surface area contributed by atoms with Crippen LogP contribution in [-0.4, -0.2) is 29.8 Å². The summed E-state index contributed by atoms with van der Waals surface area (Å²) < 4.78 is 22.6. The van der Waals surface area contributed by atoms with Crippen molar-refractivity contribution < 1.29 is 18.6 Å². The molecule has 8 heteroatoms. The molecule has 2 aliphatic heterocycles. The maximum absolute atomic E-state index is 6.41. The van der Waals surface area contributed by atoms with Gasteiger partial charge in [0.25, 0.3) is 0 Å². The third-order valence-electron chi connectivity index (χ3n) is 5.04. The Morgan fingerprint density at radius 1 is 1.03 bits per heavy atom. The number of benzene rings is 2. The molecular weight excluding hydrogens is 415 g/mol. The van der Waals surface area contributed by atoms with Gasteiger partial charge in [-0.1, -0.05) is 23.2 Å². The molecule has 5 rings (SSSR count). The summed E-state index contributed by atoms with van der Waals surface area (Å²) in [7, 11) is 0. The third kappa shape index (κ3) is 3.64. The van der Waals surface area contributed by atoms with Crippen molar-refractivity contribution in [2.45, 2.75) is 20.0 Å². The number of nitrogens with zero attached hydrogens (tertiary/aromatic N) is 2. The van der Waals surface area contributed by atoms with E-state index in [0.717, 1.165) is 35.9 Å². The average Bonchev–Trinajstić information content (AvgIpc) is 3.22. The number of aromatic nitrogens is 1. The molecule has 0 unspecified atom stereocenters. The van der Waals surface area contributed by atoms with Gasteiger partial charge in [-0.2, -0.15) is 0 Å². The molecule has 150 valence electrons. The Balaban J connectivity index is 1.40. The first-order chi connectivity index (χ1) is 14.1. The first-order valence-electron chi connectivity index (χ1n) is 9.26. The summed E-state index contributed by atoms with van der Waals surface area (Å²) in [6.45, 7) is 4.83. The summed E-state index contributed by atoms with van der Waals surface area (Å²) >= 11 is 12.6. The summed E-state index contributed by atoms with van der Waals surface area (Å²) in [6.07, 6.45) is 0. The fraction of sp³-hybridized carbons (Fsp3) is 0.286. The largest absolute Gasteiger partial charge is 0.492 e. The van der Waals surface area contributed by atoms with Gasteiger partial charge in [0.1, 0.15) is 18.1 Å². The maximum atomic E-state index is 6.41.